The zero-order valence-electron chi connectivity index (χ0n) is 44.0. The Morgan fingerprint density at radius 1 is 0.311 bits per heavy atom. The van der Waals surface area contributed by atoms with Crippen LogP contribution in [0.3, 0.4) is 0 Å². The Kier molecular flexibility index (Phi) is 7.17. The third-order valence-corrected chi connectivity index (χ3v) is 17.1. The maximum absolute atomic E-state index is 9.86. The number of para-hydroxylation sites is 2. The molecular formula is C72H44N2. The maximum Gasteiger partial charge on any atom is 0.0726 e. The van der Waals surface area contributed by atoms with Crippen LogP contribution in [-0.4, -0.2) is 4.57 Å². The van der Waals surface area contributed by atoms with Gasteiger partial charge in [-0.1, -0.05) is 218 Å². The van der Waals surface area contributed by atoms with Gasteiger partial charge >= 0.3 is 0 Å². The largest absolute Gasteiger partial charge is 0.310 e. The van der Waals surface area contributed by atoms with Crippen LogP contribution in [0.5, 0.6) is 0 Å². The molecule has 0 fully saturated rings. The van der Waals surface area contributed by atoms with E-state index in [2.05, 4.69) is 234 Å². The molecule has 4 aliphatic rings. The van der Waals surface area contributed by atoms with Crippen molar-refractivity contribution in [1.82, 2.24) is 4.57 Å². The predicted octanol–water partition coefficient (Wildman–Crippen LogP) is 18.1. The first-order valence-electron chi connectivity index (χ1n) is 27.6. The smallest absolute Gasteiger partial charge is 0.0726 e. The summed E-state index contributed by atoms with van der Waals surface area (Å²) < 4.78 is 39.9. The molecule has 1 aromatic heterocycles. The average Bonchev–Trinajstić information content (AvgIpc) is 4.37. The van der Waals surface area contributed by atoms with E-state index in [0.717, 1.165) is 77.9 Å². The van der Waals surface area contributed by atoms with Crippen molar-refractivity contribution in [2.75, 3.05) is 4.90 Å². The summed E-state index contributed by atoms with van der Waals surface area (Å²) in [5.41, 5.74) is 21.9. The van der Waals surface area contributed by atoms with Gasteiger partial charge in [0, 0.05) is 33.2 Å². The Labute approximate surface area is 434 Å². The van der Waals surface area contributed by atoms with E-state index in [9.17, 15) is 4.11 Å². The summed E-state index contributed by atoms with van der Waals surface area (Å²) in [5.74, 6) is 0. The summed E-state index contributed by atoms with van der Waals surface area (Å²) in [5, 5.41) is 4.44. The summed E-state index contributed by atoms with van der Waals surface area (Å²) in [6.45, 7) is 0. The molecule has 4 aliphatic carbocycles. The molecule has 2 nitrogen and oxygen atoms in total. The Balaban J connectivity index is 0.995. The Bertz CT molecular complexity index is 4760. The van der Waals surface area contributed by atoms with E-state index in [-0.39, 0.29) is 24.2 Å². The minimum absolute atomic E-state index is 0.0135. The van der Waals surface area contributed by atoms with Gasteiger partial charge in [-0.25, -0.2) is 0 Å². The van der Waals surface area contributed by atoms with Crippen LogP contribution in [0.2, 0.25) is 0 Å². The fourth-order valence-corrected chi connectivity index (χ4v) is 14.4. The number of rotatable bonds is 4. The Morgan fingerprint density at radius 2 is 0.797 bits per heavy atom. The van der Waals surface area contributed by atoms with E-state index in [1.165, 1.54) is 55.3 Å². The van der Waals surface area contributed by atoms with Crippen molar-refractivity contribution in [1.29, 1.82) is 0 Å². The summed E-state index contributed by atoms with van der Waals surface area (Å²) in [6, 6.07) is 87.8. The van der Waals surface area contributed by atoms with Crippen molar-refractivity contribution in [2.45, 2.75) is 10.8 Å². The highest BCUT2D eigenvalue weighted by molar-refractivity contribution is 6.14. The Hall–Kier alpha value is -9.50. The lowest BCUT2D eigenvalue weighted by atomic mass is 9.61. The highest BCUT2D eigenvalue weighted by atomic mass is 15.1. The van der Waals surface area contributed by atoms with Gasteiger partial charge in [-0.15, -0.1) is 0 Å². The average molecular weight is 941 g/mol. The van der Waals surface area contributed by atoms with Crippen molar-refractivity contribution in [3.05, 3.63) is 311 Å². The highest BCUT2D eigenvalue weighted by Gasteiger charge is 2.53. The molecule has 1 atom stereocenters. The van der Waals surface area contributed by atoms with Gasteiger partial charge in [0.15, 0.2) is 0 Å². The normalized spacial score (nSPS) is 16.2. The van der Waals surface area contributed by atoms with Gasteiger partial charge in [0.1, 0.15) is 0 Å². The molecular weight excluding hydrogens is 893 g/mol. The molecule has 0 aliphatic heterocycles. The van der Waals surface area contributed by atoms with Crippen molar-refractivity contribution in [3.63, 3.8) is 0 Å². The van der Waals surface area contributed by atoms with Crippen molar-refractivity contribution < 1.29 is 5.48 Å². The lowest BCUT2D eigenvalue weighted by Crippen LogP contribution is -2.32. The van der Waals surface area contributed by atoms with Crippen LogP contribution in [0.4, 0.5) is 17.1 Å². The second kappa shape index (κ2) is 14.6. The quantitative estimate of drug-likeness (QED) is 0.171. The van der Waals surface area contributed by atoms with Gasteiger partial charge in [-0.3, -0.25) is 0 Å². The van der Waals surface area contributed by atoms with Gasteiger partial charge in [-0.05, 0) is 143 Å². The molecule has 0 radical (unpaired) electrons. The number of hydrogen-bond donors (Lipinski definition) is 0. The topological polar surface area (TPSA) is 8.17 Å². The van der Waals surface area contributed by atoms with E-state index in [1.807, 2.05) is 18.2 Å². The number of hydrogen-bond acceptors (Lipinski definition) is 1. The van der Waals surface area contributed by atoms with Crippen LogP contribution in [0.25, 0.3) is 82.8 Å². The number of fused-ring (bicyclic) bond motifs is 22. The van der Waals surface area contributed by atoms with Crippen LogP contribution in [-0.2, 0) is 10.8 Å². The molecule has 1 heterocycles. The molecule has 12 aromatic carbocycles. The van der Waals surface area contributed by atoms with Crippen LogP contribution in [0.15, 0.2) is 267 Å². The number of benzene rings is 12. The van der Waals surface area contributed by atoms with E-state index in [0.29, 0.717) is 11.1 Å². The first-order chi connectivity index (χ1) is 38.4. The van der Waals surface area contributed by atoms with Crippen LogP contribution in [0, 0.1) is 0 Å². The predicted molar refractivity (Wildman–Crippen MR) is 306 cm³/mol. The highest BCUT2D eigenvalue weighted by Crippen LogP contribution is 2.65. The third kappa shape index (κ3) is 4.86. The second-order valence-corrected chi connectivity index (χ2v) is 20.3. The Morgan fingerprint density at radius 3 is 1.47 bits per heavy atom. The van der Waals surface area contributed by atoms with E-state index >= 15 is 0 Å². The molecule has 0 saturated heterocycles. The monoisotopic (exact) mass is 940 g/mol. The zero-order valence-corrected chi connectivity index (χ0v) is 40.0. The molecule has 342 valence electrons. The van der Waals surface area contributed by atoms with Gasteiger partial charge in [0.2, 0.25) is 0 Å². The molecule has 0 bridgehead atoms. The van der Waals surface area contributed by atoms with Crippen molar-refractivity contribution in [2.24, 2.45) is 0 Å². The zero-order chi connectivity index (χ0) is 51.8. The molecule has 0 amide bonds. The molecule has 1 unspecified atom stereocenters. The van der Waals surface area contributed by atoms with E-state index in [4.69, 9.17) is 1.37 Å². The van der Waals surface area contributed by atoms with Crippen molar-refractivity contribution in [3.8, 4) is 50.2 Å². The minimum Gasteiger partial charge on any atom is -0.310 e. The minimum atomic E-state index is -1.06. The first-order valence-corrected chi connectivity index (χ1v) is 25.6. The molecule has 2 heteroatoms. The van der Waals surface area contributed by atoms with E-state index < -0.39 is 10.8 Å². The molecule has 0 N–H and O–H groups in total. The van der Waals surface area contributed by atoms with Gasteiger partial charge in [0.25, 0.3) is 0 Å². The fourth-order valence-electron chi connectivity index (χ4n) is 14.4. The van der Waals surface area contributed by atoms with Gasteiger partial charge in [0.05, 0.1) is 33.0 Å². The fraction of sp³-hybridized carbons (Fsp3) is 0.0278. The number of anilines is 3. The summed E-state index contributed by atoms with van der Waals surface area (Å²) >= 11 is 0. The summed E-state index contributed by atoms with van der Waals surface area (Å²) in [4.78, 5) is 2.47. The van der Waals surface area contributed by atoms with E-state index in [1.54, 1.807) is 0 Å². The lowest BCUT2D eigenvalue weighted by molar-refractivity contribution is 0.773. The molecule has 2 spiro atoms. The summed E-state index contributed by atoms with van der Waals surface area (Å²) in [6.07, 6.45) is 0. The first kappa shape index (κ1) is 36.4. The van der Waals surface area contributed by atoms with Gasteiger partial charge < -0.3 is 9.47 Å². The lowest BCUT2D eigenvalue weighted by Gasteiger charge is -2.41. The molecule has 74 heavy (non-hydrogen) atoms. The molecule has 17 rings (SSSR count). The standard InChI is InChI=1S/C72H44N2/c1-2-19-45(20-3-1)74-67-36-17-10-27-55(67)56-40-38-47(44-69(56)74)73(46-37-39-54-52-25-8-15-34-63(52)72(66(54)43-46)61-32-13-6-23-50(61)51-24-7-14-33-62(51)72)68-42-41-65-70-57(28-18-29-58(68)70)53-26-9-16-35-64(53)71(65)59-30-11-4-21-48(59)49-22-5-12-31-60(49)71/h1-44H/i4D,11D,21D,30D. The van der Waals surface area contributed by atoms with Crippen molar-refractivity contribution >= 4 is 49.6 Å². The third-order valence-electron chi connectivity index (χ3n) is 17.1. The number of aromatic nitrogens is 1. The van der Waals surface area contributed by atoms with Crippen LogP contribution >= 0.6 is 0 Å². The molecule has 0 saturated carbocycles. The van der Waals surface area contributed by atoms with Crippen LogP contribution < -0.4 is 4.90 Å². The summed E-state index contributed by atoms with van der Waals surface area (Å²) in [7, 11) is 0. The number of nitrogens with zero attached hydrogens (tertiary/aromatic N) is 2. The van der Waals surface area contributed by atoms with Crippen LogP contribution in [0.1, 0.15) is 50.0 Å². The van der Waals surface area contributed by atoms with Gasteiger partial charge in [-0.2, -0.15) is 0 Å². The SMILES string of the molecule is [2H]c1c([2H])c([2H])c2c(c1[2H])-c1ccccc1C21c2ccccc2-c2cccc3c(N(c4ccc5c(c4)C4(c6ccccc6-c6ccccc64)c4ccccc4-5)c4ccc5c6ccccc6n(-c6ccccc6)c5c4)ccc1c23. The second-order valence-electron chi connectivity index (χ2n) is 20.3. The molecule has 13 aromatic rings. The maximum atomic E-state index is 9.86.